The van der Waals surface area contributed by atoms with Crippen LogP contribution in [0.4, 0.5) is 11.5 Å². The van der Waals surface area contributed by atoms with Crippen molar-refractivity contribution in [3.05, 3.63) is 22.2 Å². The number of aromatic nitrogens is 1. The molecular weight excluding hydrogens is 234 g/mol. The topological polar surface area (TPSA) is 77.3 Å². The Kier molecular flexibility index (Phi) is 5.35. The number of nitro groups is 1. The molecule has 0 spiro atoms. The minimum Gasteiger partial charge on any atom is -0.470 e. The second-order valence-electron chi connectivity index (χ2n) is 4.03. The molecule has 0 radical (unpaired) electrons. The van der Waals surface area contributed by atoms with Crippen LogP contribution < -0.4 is 10.1 Å². The smallest absolute Gasteiger partial charge is 0.331 e. The molecule has 1 aromatic heterocycles. The average molecular weight is 253 g/mol. The van der Waals surface area contributed by atoms with Gasteiger partial charge in [0.2, 0.25) is 0 Å². The van der Waals surface area contributed by atoms with E-state index in [2.05, 4.69) is 10.3 Å². The average Bonchev–Trinajstić information content (AvgIpc) is 2.29. The summed E-state index contributed by atoms with van der Waals surface area (Å²) in [6.07, 6.45) is 1.71. The second kappa shape index (κ2) is 6.78. The summed E-state index contributed by atoms with van der Waals surface area (Å²) in [5.41, 5.74) is -0.0976. The fourth-order valence-electron chi connectivity index (χ4n) is 1.59. The third-order valence-corrected chi connectivity index (χ3v) is 2.40. The fourth-order valence-corrected chi connectivity index (χ4v) is 1.59. The van der Waals surface area contributed by atoms with Gasteiger partial charge in [0.1, 0.15) is 5.82 Å². The third-order valence-electron chi connectivity index (χ3n) is 2.40. The van der Waals surface area contributed by atoms with Crippen LogP contribution >= 0.6 is 0 Å². The van der Waals surface area contributed by atoms with Crippen molar-refractivity contribution >= 4 is 11.5 Å². The van der Waals surface area contributed by atoms with E-state index < -0.39 is 4.92 Å². The summed E-state index contributed by atoms with van der Waals surface area (Å²) in [7, 11) is 0. The monoisotopic (exact) mass is 253 g/mol. The molecule has 0 amide bonds. The van der Waals surface area contributed by atoms with E-state index in [1.807, 2.05) is 20.8 Å². The first-order chi connectivity index (χ1) is 8.58. The van der Waals surface area contributed by atoms with Crippen LogP contribution in [0.1, 0.15) is 33.6 Å². The Bertz CT molecular complexity index is 410. The Morgan fingerprint density at radius 1 is 1.50 bits per heavy atom. The summed E-state index contributed by atoms with van der Waals surface area (Å²) in [4.78, 5) is 14.6. The zero-order chi connectivity index (χ0) is 13.5. The van der Waals surface area contributed by atoms with E-state index >= 15 is 0 Å². The van der Waals surface area contributed by atoms with E-state index in [9.17, 15) is 10.1 Å². The molecule has 1 unspecified atom stereocenters. The van der Waals surface area contributed by atoms with Crippen LogP contribution in [-0.4, -0.2) is 22.6 Å². The molecule has 100 valence electrons. The van der Waals surface area contributed by atoms with Crippen LogP contribution in [0.25, 0.3) is 0 Å². The number of pyridine rings is 1. The molecular formula is C12H19N3O3. The van der Waals surface area contributed by atoms with Gasteiger partial charge in [-0.2, -0.15) is 4.98 Å². The van der Waals surface area contributed by atoms with Crippen molar-refractivity contribution in [2.45, 2.75) is 39.7 Å². The van der Waals surface area contributed by atoms with Crippen LogP contribution in [0.5, 0.6) is 5.88 Å². The van der Waals surface area contributed by atoms with Crippen molar-refractivity contribution in [2.75, 3.05) is 11.9 Å². The zero-order valence-corrected chi connectivity index (χ0v) is 11.0. The Morgan fingerprint density at radius 3 is 2.78 bits per heavy atom. The molecule has 1 aromatic rings. The number of anilines is 1. The molecule has 6 nitrogen and oxygen atoms in total. The van der Waals surface area contributed by atoms with E-state index in [-0.39, 0.29) is 17.7 Å². The van der Waals surface area contributed by atoms with Crippen molar-refractivity contribution in [2.24, 2.45) is 0 Å². The lowest BCUT2D eigenvalue weighted by atomic mass is 10.2. The van der Waals surface area contributed by atoms with Gasteiger partial charge in [0.05, 0.1) is 11.0 Å². The summed E-state index contributed by atoms with van der Waals surface area (Å²) < 4.78 is 5.54. The highest BCUT2D eigenvalue weighted by molar-refractivity contribution is 5.49. The van der Waals surface area contributed by atoms with Gasteiger partial charge < -0.3 is 10.1 Å². The quantitative estimate of drug-likeness (QED) is 0.597. The molecule has 0 fully saturated rings. The predicted molar refractivity (Wildman–Crippen MR) is 70.1 cm³/mol. The number of hydrogen-bond acceptors (Lipinski definition) is 5. The van der Waals surface area contributed by atoms with E-state index in [4.69, 9.17) is 4.74 Å². The Balaban J connectivity index is 2.95. The number of ether oxygens (including phenoxy) is 1. The molecule has 1 rings (SSSR count). The number of nitrogens with one attached hydrogen (secondary N) is 1. The van der Waals surface area contributed by atoms with Gasteiger partial charge in [0.15, 0.2) is 0 Å². The molecule has 0 aliphatic heterocycles. The van der Waals surface area contributed by atoms with E-state index in [1.165, 1.54) is 6.07 Å². The van der Waals surface area contributed by atoms with Gasteiger partial charge in [-0.25, -0.2) is 0 Å². The van der Waals surface area contributed by atoms with Crippen LogP contribution in [-0.2, 0) is 0 Å². The fraction of sp³-hybridized carbons (Fsp3) is 0.583. The molecule has 0 aromatic carbocycles. The van der Waals surface area contributed by atoms with E-state index in [0.29, 0.717) is 12.4 Å². The minimum atomic E-state index is -0.475. The lowest BCUT2D eigenvalue weighted by molar-refractivity contribution is -0.386. The molecule has 0 saturated heterocycles. The van der Waals surface area contributed by atoms with E-state index in [0.717, 1.165) is 12.8 Å². The molecule has 1 atom stereocenters. The summed E-state index contributed by atoms with van der Waals surface area (Å²) in [5.74, 6) is 0.668. The molecule has 0 bridgehead atoms. The molecule has 1 N–H and O–H groups in total. The first-order valence-electron chi connectivity index (χ1n) is 6.14. The standard InChI is InChI=1S/C12H19N3O3/c1-4-6-9(3)18-12-10(15(16)17)7-8-11(14-12)13-5-2/h7-9H,4-6H2,1-3H3,(H,13,14). The first kappa shape index (κ1) is 14.2. The van der Waals surface area contributed by atoms with Gasteiger partial charge >= 0.3 is 5.69 Å². The number of rotatable bonds is 7. The maximum Gasteiger partial charge on any atom is 0.331 e. The van der Waals surface area contributed by atoms with Crippen molar-refractivity contribution < 1.29 is 9.66 Å². The van der Waals surface area contributed by atoms with Gasteiger partial charge in [-0.1, -0.05) is 13.3 Å². The van der Waals surface area contributed by atoms with Crippen molar-refractivity contribution in [3.8, 4) is 5.88 Å². The number of nitrogens with zero attached hydrogens (tertiary/aromatic N) is 2. The first-order valence-corrected chi connectivity index (χ1v) is 6.14. The lowest BCUT2D eigenvalue weighted by Crippen LogP contribution is -2.14. The predicted octanol–water partition coefficient (Wildman–Crippen LogP) is 2.99. The maximum absolute atomic E-state index is 10.9. The summed E-state index contributed by atoms with van der Waals surface area (Å²) in [5, 5.41) is 13.9. The zero-order valence-electron chi connectivity index (χ0n) is 11.0. The largest absolute Gasteiger partial charge is 0.470 e. The second-order valence-corrected chi connectivity index (χ2v) is 4.03. The number of hydrogen-bond donors (Lipinski definition) is 1. The molecule has 6 heteroatoms. The normalized spacial score (nSPS) is 11.9. The summed E-state index contributed by atoms with van der Waals surface area (Å²) in [6.45, 7) is 6.56. The van der Waals surface area contributed by atoms with Gasteiger partial charge in [-0.05, 0) is 26.3 Å². The summed E-state index contributed by atoms with van der Waals surface area (Å²) in [6, 6.07) is 3.00. The van der Waals surface area contributed by atoms with Crippen LogP contribution in [0.2, 0.25) is 0 Å². The summed E-state index contributed by atoms with van der Waals surface area (Å²) >= 11 is 0. The Morgan fingerprint density at radius 2 is 2.22 bits per heavy atom. The molecule has 0 saturated carbocycles. The maximum atomic E-state index is 10.9. The van der Waals surface area contributed by atoms with Gasteiger partial charge in [-0.15, -0.1) is 0 Å². The molecule has 0 aliphatic rings. The van der Waals surface area contributed by atoms with Crippen molar-refractivity contribution in [3.63, 3.8) is 0 Å². The van der Waals surface area contributed by atoms with E-state index in [1.54, 1.807) is 6.07 Å². The van der Waals surface area contributed by atoms with Gasteiger partial charge in [0.25, 0.3) is 5.88 Å². The van der Waals surface area contributed by atoms with Crippen LogP contribution in [0.15, 0.2) is 12.1 Å². The van der Waals surface area contributed by atoms with Crippen LogP contribution in [0, 0.1) is 10.1 Å². The van der Waals surface area contributed by atoms with Gasteiger partial charge in [0, 0.05) is 12.6 Å². The molecule has 0 aliphatic carbocycles. The molecule has 1 heterocycles. The SMILES string of the molecule is CCCC(C)Oc1nc(NCC)ccc1[N+](=O)[O-]. The van der Waals surface area contributed by atoms with Crippen LogP contribution in [0.3, 0.4) is 0 Å². The third kappa shape index (κ3) is 3.87. The van der Waals surface area contributed by atoms with Gasteiger partial charge in [-0.3, -0.25) is 10.1 Å². The van der Waals surface area contributed by atoms with Crippen molar-refractivity contribution in [1.29, 1.82) is 0 Å². The Labute approximate surface area is 107 Å². The highest BCUT2D eigenvalue weighted by Crippen LogP contribution is 2.27. The minimum absolute atomic E-state index is 0.0828. The highest BCUT2D eigenvalue weighted by Gasteiger charge is 2.19. The molecule has 18 heavy (non-hydrogen) atoms. The Hall–Kier alpha value is -1.85. The van der Waals surface area contributed by atoms with Crippen molar-refractivity contribution in [1.82, 2.24) is 4.98 Å². The lowest BCUT2D eigenvalue weighted by Gasteiger charge is -2.13. The highest BCUT2D eigenvalue weighted by atomic mass is 16.6.